The Morgan fingerprint density at radius 2 is 1.93 bits per heavy atom. The van der Waals surface area contributed by atoms with E-state index in [1.807, 2.05) is 12.1 Å². The molecule has 1 aliphatic rings. The van der Waals surface area contributed by atoms with Crippen LogP contribution in [0.3, 0.4) is 0 Å². The molecule has 0 saturated carbocycles. The van der Waals surface area contributed by atoms with Crippen LogP contribution in [0.1, 0.15) is 0 Å². The minimum absolute atomic E-state index is 0.0175. The van der Waals surface area contributed by atoms with Crippen LogP contribution < -0.4 is 14.8 Å². The summed E-state index contributed by atoms with van der Waals surface area (Å²) in [6, 6.07) is 9.92. The molecule has 1 aromatic carbocycles. The molecule has 0 radical (unpaired) electrons. The number of pyridine rings is 1. The van der Waals surface area contributed by atoms with Gasteiger partial charge in [0.1, 0.15) is 11.5 Å². The third kappa shape index (κ3) is 2.78. The first-order chi connectivity index (χ1) is 13.1. The van der Waals surface area contributed by atoms with Gasteiger partial charge in [-0.2, -0.15) is 0 Å². The average Bonchev–Trinajstić information content (AvgIpc) is 3.24. The topological polar surface area (TPSA) is 85.0 Å². The van der Waals surface area contributed by atoms with Gasteiger partial charge in [0.15, 0.2) is 17.3 Å². The van der Waals surface area contributed by atoms with Crippen LogP contribution in [0, 0.1) is 0 Å². The number of ether oxygens (including phenoxy) is 2. The Bertz CT molecular complexity index is 1150. The molecule has 9 heteroatoms. The van der Waals surface area contributed by atoms with Crippen molar-refractivity contribution in [2.45, 2.75) is 6.29 Å². The van der Waals surface area contributed by atoms with Gasteiger partial charge in [-0.05, 0) is 30.3 Å². The molecular weight excluding hydrogens is 356 g/mol. The molecule has 7 nitrogen and oxygen atoms in total. The molecule has 0 unspecified atom stereocenters. The summed E-state index contributed by atoms with van der Waals surface area (Å²) in [6.07, 6.45) is 1.42. The number of nitrogens with one attached hydrogen (secondary N) is 2. The van der Waals surface area contributed by atoms with E-state index in [0.717, 1.165) is 10.9 Å². The largest absolute Gasteiger partial charge is 0.586 e. The number of hydrogen-bond acceptors (Lipinski definition) is 6. The highest BCUT2D eigenvalue weighted by Gasteiger charge is 2.43. The van der Waals surface area contributed by atoms with Crippen LogP contribution in [-0.4, -0.2) is 26.2 Å². The molecule has 0 amide bonds. The monoisotopic (exact) mass is 367 g/mol. The Labute approximate surface area is 151 Å². The van der Waals surface area contributed by atoms with Crippen molar-refractivity contribution in [1.29, 1.82) is 0 Å². The van der Waals surface area contributed by atoms with Crippen LogP contribution in [0.4, 0.5) is 20.3 Å². The minimum atomic E-state index is -3.66. The maximum absolute atomic E-state index is 13.2. The van der Waals surface area contributed by atoms with Gasteiger partial charge in [-0.3, -0.25) is 4.98 Å². The van der Waals surface area contributed by atoms with Gasteiger partial charge in [0.05, 0.1) is 5.39 Å². The summed E-state index contributed by atoms with van der Waals surface area (Å²) in [4.78, 5) is 16.2. The summed E-state index contributed by atoms with van der Waals surface area (Å²) in [5.74, 6) is 0.937. The lowest BCUT2D eigenvalue weighted by Crippen LogP contribution is -2.25. The van der Waals surface area contributed by atoms with Gasteiger partial charge in [0.2, 0.25) is 0 Å². The fraction of sp³-hybridized carbons (Fsp3) is 0.0556. The fourth-order valence-corrected chi connectivity index (χ4v) is 2.82. The molecule has 5 rings (SSSR count). The molecule has 0 aliphatic carbocycles. The van der Waals surface area contributed by atoms with Crippen molar-refractivity contribution in [2.75, 3.05) is 5.32 Å². The molecule has 0 atom stereocenters. The van der Waals surface area contributed by atoms with Crippen molar-refractivity contribution in [3.05, 3.63) is 55.0 Å². The van der Waals surface area contributed by atoms with Crippen molar-refractivity contribution in [3.8, 4) is 22.9 Å². The molecule has 134 valence electrons. The van der Waals surface area contributed by atoms with Crippen molar-refractivity contribution < 1.29 is 18.3 Å². The summed E-state index contributed by atoms with van der Waals surface area (Å²) in [5, 5.41) is 3.88. The number of fused-ring (bicyclic) bond motifs is 2. The smallest absolute Gasteiger partial charge is 0.395 e. The number of anilines is 2. The molecule has 0 bridgehead atoms. The summed E-state index contributed by atoms with van der Waals surface area (Å²) < 4.78 is 35.3. The highest BCUT2D eigenvalue weighted by molar-refractivity contribution is 5.90. The lowest BCUT2D eigenvalue weighted by atomic mass is 10.2. The molecule has 1 aliphatic heterocycles. The second-order valence-electron chi connectivity index (χ2n) is 5.83. The molecule has 4 heterocycles. The summed E-state index contributed by atoms with van der Waals surface area (Å²) >= 11 is 0. The maximum Gasteiger partial charge on any atom is 0.586 e. The molecule has 3 aromatic heterocycles. The predicted octanol–water partition coefficient (Wildman–Crippen LogP) is 4.09. The number of aromatic nitrogens is 4. The lowest BCUT2D eigenvalue weighted by molar-refractivity contribution is -0.286. The zero-order valence-electron chi connectivity index (χ0n) is 13.6. The highest BCUT2D eigenvalue weighted by Crippen LogP contribution is 2.42. The highest BCUT2D eigenvalue weighted by atomic mass is 19.3. The summed E-state index contributed by atoms with van der Waals surface area (Å²) in [5.41, 5.74) is 1.91. The number of hydrogen-bond donors (Lipinski definition) is 2. The van der Waals surface area contributed by atoms with Gasteiger partial charge in [0, 0.05) is 35.9 Å². The van der Waals surface area contributed by atoms with Crippen LogP contribution in [0.15, 0.2) is 55.0 Å². The van der Waals surface area contributed by atoms with Gasteiger partial charge >= 0.3 is 6.29 Å². The first-order valence-corrected chi connectivity index (χ1v) is 8.00. The van der Waals surface area contributed by atoms with Crippen molar-refractivity contribution >= 4 is 22.5 Å². The third-order valence-electron chi connectivity index (χ3n) is 4.00. The van der Waals surface area contributed by atoms with E-state index in [1.54, 1.807) is 30.7 Å². The SMILES string of the molecule is FC1(F)Oc2ccc(Nc3nc(-c4cccnc4)nc4[nH]ccc34)cc2O1. The quantitative estimate of drug-likeness (QED) is 0.567. The number of H-pyrrole nitrogens is 1. The molecule has 2 N–H and O–H groups in total. The standard InChI is InChI=1S/C18H11F2N5O2/c19-18(20)26-13-4-3-11(8-14(13)27-18)23-17-12-5-7-22-16(12)24-15(25-17)10-2-1-6-21-9-10/h1-9H,(H2,22,23,24,25). The van der Waals surface area contributed by atoms with E-state index in [0.29, 0.717) is 23.0 Å². The Morgan fingerprint density at radius 1 is 1.04 bits per heavy atom. The first-order valence-electron chi connectivity index (χ1n) is 8.00. The number of rotatable bonds is 3. The van der Waals surface area contributed by atoms with Gasteiger partial charge in [-0.25, -0.2) is 9.97 Å². The molecule has 0 saturated heterocycles. The summed E-state index contributed by atoms with van der Waals surface area (Å²) in [6.45, 7) is 0. The Morgan fingerprint density at radius 3 is 2.78 bits per heavy atom. The van der Waals surface area contributed by atoms with Crippen LogP contribution >= 0.6 is 0 Å². The average molecular weight is 367 g/mol. The number of benzene rings is 1. The van der Waals surface area contributed by atoms with Crippen molar-refractivity contribution in [1.82, 2.24) is 19.9 Å². The lowest BCUT2D eigenvalue weighted by Gasteiger charge is -2.09. The third-order valence-corrected chi connectivity index (χ3v) is 4.00. The predicted molar refractivity (Wildman–Crippen MR) is 93.0 cm³/mol. The number of aromatic amines is 1. The second kappa shape index (κ2) is 5.63. The number of nitrogens with zero attached hydrogens (tertiary/aromatic N) is 3. The molecular formula is C18H11F2N5O2. The van der Waals surface area contributed by atoms with Gasteiger partial charge < -0.3 is 19.8 Å². The van der Waals surface area contributed by atoms with Gasteiger partial charge in [0.25, 0.3) is 0 Å². The molecule has 0 fully saturated rings. The van der Waals surface area contributed by atoms with E-state index in [4.69, 9.17) is 0 Å². The first kappa shape index (κ1) is 15.5. The van der Waals surface area contributed by atoms with E-state index < -0.39 is 6.29 Å². The van der Waals surface area contributed by atoms with Crippen LogP contribution in [0.25, 0.3) is 22.4 Å². The molecule has 0 spiro atoms. The minimum Gasteiger partial charge on any atom is -0.395 e. The fourth-order valence-electron chi connectivity index (χ4n) is 2.82. The van der Waals surface area contributed by atoms with E-state index in [2.05, 4.69) is 34.7 Å². The molecule has 27 heavy (non-hydrogen) atoms. The van der Waals surface area contributed by atoms with E-state index >= 15 is 0 Å². The van der Waals surface area contributed by atoms with E-state index in [1.165, 1.54) is 12.1 Å². The van der Waals surface area contributed by atoms with E-state index in [9.17, 15) is 8.78 Å². The van der Waals surface area contributed by atoms with Crippen molar-refractivity contribution in [3.63, 3.8) is 0 Å². The molecule has 4 aromatic rings. The van der Waals surface area contributed by atoms with Crippen LogP contribution in [0.5, 0.6) is 11.5 Å². The summed E-state index contributed by atoms with van der Waals surface area (Å²) in [7, 11) is 0. The van der Waals surface area contributed by atoms with E-state index in [-0.39, 0.29) is 11.5 Å². The van der Waals surface area contributed by atoms with Crippen molar-refractivity contribution in [2.24, 2.45) is 0 Å². The van der Waals surface area contributed by atoms with Crippen LogP contribution in [-0.2, 0) is 0 Å². The zero-order chi connectivity index (χ0) is 18.4. The number of halogens is 2. The van der Waals surface area contributed by atoms with Crippen LogP contribution in [0.2, 0.25) is 0 Å². The van der Waals surface area contributed by atoms with Gasteiger partial charge in [-0.15, -0.1) is 8.78 Å². The normalized spacial score (nSPS) is 14.4. The maximum atomic E-state index is 13.2. The zero-order valence-corrected chi connectivity index (χ0v) is 13.6. The second-order valence-corrected chi connectivity index (χ2v) is 5.83. The Kier molecular flexibility index (Phi) is 3.23. The Balaban J connectivity index is 1.55. The number of alkyl halides is 2. The van der Waals surface area contributed by atoms with Gasteiger partial charge in [-0.1, -0.05) is 0 Å². The Hall–Kier alpha value is -3.75.